The van der Waals surface area contributed by atoms with Gasteiger partial charge in [-0.25, -0.2) is 4.99 Å². The summed E-state index contributed by atoms with van der Waals surface area (Å²) < 4.78 is 16.2. The Morgan fingerprint density at radius 1 is 1.06 bits per heavy atom. The first-order chi connectivity index (χ1) is 15.6. The molecule has 0 spiro atoms. The van der Waals surface area contributed by atoms with Gasteiger partial charge in [-0.2, -0.15) is 0 Å². The van der Waals surface area contributed by atoms with Crippen LogP contribution in [0.15, 0.2) is 41.4 Å². The van der Waals surface area contributed by atoms with Crippen LogP contribution in [0.2, 0.25) is 0 Å². The molecule has 0 atom stereocenters. The Morgan fingerprint density at radius 2 is 1.78 bits per heavy atom. The standard InChI is InChI=1S/C24H32N4O4/c1-5-25-24(26-15-17-13-20(30-2)23(32-4)21(14-17)31-3)27-16-22(29)28-12-8-10-18-9-6-7-11-19(18)28/h6-7,9,11,13-14H,5,8,10,12,15-16H2,1-4H3,(H2,25,26,27). The Labute approximate surface area is 189 Å². The summed E-state index contributed by atoms with van der Waals surface area (Å²) in [5.41, 5.74) is 3.12. The van der Waals surface area contributed by atoms with Crippen molar-refractivity contribution < 1.29 is 19.0 Å². The van der Waals surface area contributed by atoms with E-state index in [4.69, 9.17) is 14.2 Å². The number of benzene rings is 2. The minimum absolute atomic E-state index is 0.0236. The van der Waals surface area contributed by atoms with Crippen LogP contribution < -0.4 is 29.7 Å². The SMILES string of the molecule is CCNC(=NCc1cc(OC)c(OC)c(OC)c1)NCC(=O)N1CCCc2ccccc21. The van der Waals surface area contributed by atoms with Gasteiger partial charge in [-0.15, -0.1) is 0 Å². The van der Waals surface area contributed by atoms with Crippen molar-refractivity contribution in [3.63, 3.8) is 0 Å². The highest BCUT2D eigenvalue weighted by molar-refractivity contribution is 5.98. The third kappa shape index (κ3) is 5.43. The minimum Gasteiger partial charge on any atom is -0.493 e. The van der Waals surface area contributed by atoms with Crippen LogP contribution in [0.5, 0.6) is 17.2 Å². The van der Waals surface area contributed by atoms with Crippen molar-refractivity contribution in [3.05, 3.63) is 47.5 Å². The molecule has 0 saturated carbocycles. The molecule has 32 heavy (non-hydrogen) atoms. The van der Waals surface area contributed by atoms with Gasteiger partial charge >= 0.3 is 0 Å². The van der Waals surface area contributed by atoms with E-state index in [2.05, 4.69) is 21.7 Å². The van der Waals surface area contributed by atoms with Gasteiger partial charge in [0.15, 0.2) is 17.5 Å². The second kappa shape index (κ2) is 11.3. The number of guanidine groups is 1. The van der Waals surface area contributed by atoms with Crippen molar-refractivity contribution >= 4 is 17.6 Å². The van der Waals surface area contributed by atoms with E-state index in [0.717, 1.165) is 30.6 Å². The number of rotatable bonds is 8. The number of para-hydroxylation sites is 1. The first kappa shape index (κ1) is 23.2. The molecular formula is C24H32N4O4. The van der Waals surface area contributed by atoms with E-state index in [1.807, 2.05) is 42.2 Å². The largest absolute Gasteiger partial charge is 0.493 e. The summed E-state index contributed by atoms with van der Waals surface area (Å²) in [6.45, 7) is 3.94. The highest BCUT2D eigenvalue weighted by atomic mass is 16.5. The van der Waals surface area contributed by atoms with Gasteiger partial charge in [0.2, 0.25) is 11.7 Å². The third-order valence-electron chi connectivity index (χ3n) is 5.31. The number of carbonyl (C=O) groups excluding carboxylic acids is 1. The number of methoxy groups -OCH3 is 3. The Balaban J connectivity index is 1.69. The highest BCUT2D eigenvalue weighted by Crippen LogP contribution is 2.38. The molecule has 172 valence electrons. The summed E-state index contributed by atoms with van der Waals surface area (Å²) in [4.78, 5) is 19.4. The van der Waals surface area contributed by atoms with Crippen molar-refractivity contribution in [3.8, 4) is 17.2 Å². The van der Waals surface area contributed by atoms with Crippen LogP contribution in [0.25, 0.3) is 0 Å². The summed E-state index contributed by atoms with van der Waals surface area (Å²) in [5.74, 6) is 2.29. The molecule has 8 nitrogen and oxygen atoms in total. The van der Waals surface area contributed by atoms with E-state index < -0.39 is 0 Å². The van der Waals surface area contributed by atoms with Gasteiger partial charge in [0.05, 0.1) is 34.4 Å². The van der Waals surface area contributed by atoms with E-state index in [1.165, 1.54) is 5.56 Å². The molecule has 0 radical (unpaired) electrons. The first-order valence-corrected chi connectivity index (χ1v) is 10.8. The molecule has 2 aromatic rings. The average molecular weight is 441 g/mol. The Kier molecular flexibility index (Phi) is 8.19. The molecule has 8 heteroatoms. The maximum atomic E-state index is 12.9. The monoisotopic (exact) mass is 440 g/mol. The third-order valence-corrected chi connectivity index (χ3v) is 5.31. The molecule has 3 rings (SSSR count). The molecule has 0 bridgehead atoms. The Morgan fingerprint density at radius 3 is 2.44 bits per heavy atom. The lowest BCUT2D eigenvalue weighted by Gasteiger charge is -2.29. The van der Waals surface area contributed by atoms with Gasteiger partial charge in [0, 0.05) is 18.8 Å². The van der Waals surface area contributed by atoms with Gasteiger partial charge in [-0.3, -0.25) is 4.79 Å². The van der Waals surface area contributed by atoms with E-state index in [0.29, 0.717) is 36.3 Å². The maximum absolute atomic E-state index is 12.9. The van der Waals surface area contributed by atoms with Crippen molar-refractivity contribution in [2.24, 2.45) is 4.99 Å². The van der Waals surface area contributed by atoms with Gasteiger partial charge in [-0.05, 0) is 49.1 Å². The Bertz CT molecular complexity index is 936. The fourth-order valence-corrected chi connectivity index (χ4v) is 3.79. The number of aryl methyl sites for hydroxylation is 1. The van der Waals surface area contributed by atoms with Crippen LogP contribution in [-0.2, 0) is 17.8 Å². The molecule has 2 aromatic carbocycles. The summed E-state index contributed by atoms with van der Waals surface area (Å²) >= 11 is 0. The van der Waals surface area contributed by atoms with Crippen LogP contribution in [0.4, 0.5) is 5.69 Å². The predicted octanol–water partition coefficient (Wildman–Crippen LogP) is 2.75. The maximum Gasteiger partial charge on any atom is 0.246 e. The van der Waals surface area contributed by atoms with E-state index in [9.17, 15) is 4.79 Å². The van der Waals surface area contributed by atoms with Gasteiger partial charge in [0.1, 0.15) is 0 Å². The molecule has 1 aliphatic heterocycles. The number of amides is 1. The van der Waals surface area contributed by atoms with Crippen molar-refractivity contribution in [1.29, 1.82) is 0 Å². The van der Waals surface area contributed by atoms with Gasteiger partial charge < -0.3 is 29.7 Å². The summed E-state index contributed by atoms with van der Waals surface area (Å²) in [6, 6.07) is 11.8. The number of nitrogens with zero attached hydrogens (tertiary/aromatic N) is 2. The van der Waals surface area contributed by atoms with Crippen LogP contribution in [0, 0.1) is 0 Å². The molecule has 2 N–H and O–H groups in total. The fraction of sp³-hybridized carbons (Fsp3) is 0.417. The molecule has 1 heterocycles. The lowest BCUT2D eigenvalue weighted by Crippen LogP contribution is -2.46. The van der Waals surface area contributed by atoms with E-state index >= 15 is 0 Å². The zero-order valence-electron chi connectivity index (χ0n) is 19.2. The zero-order chi connectivity index (χ0) is 22.9. The summed E-state index contributed by atoms with van der Waals surface area (Å²) in [7, 11) is 4.74. The second-order valence-corrected chi connectivity index (χ2v) is 7.36. The number of ether oxygens (including phenoxy) is 3. The highest BCUT2D eigenvalue weighted by Gasteiger charge is 2.22. The lowest BCUT2D eigenvalue weighted by molar-refractivity contribution is -0.117. The average Bonchev–Trinajstić information content (AvgIpc) is 2.84. The molecule has 0 aliphatic carbocycles. The normalized spacial score (nSPS) is 13.2. The van der Waals surface area contributed by atoms with Crippen LogP contribution in [0.3, 0.4) is 0 Å². The molecule has 0 aromatic heterocycles. The number of anilines is 1. The van der Waals surface area contributed by atoms with Crippen molar-refractivity contribution in [2.75, 3.05) is 45.9 Å². The van der Waals surface area contributed by atoms with Gasteiger partial charge in [0.25, 0.3) is 0 Å². The number of carbonyl (C=O) groups is 1. The minimum atomic E-state index is 0.0236. The summed E-state index contributed by atoms with van der Waals surface area (Å²) in [6.07, 6.45) is 1.98. The molecule has 1 amide bonds. The van der Waals surface area contributed by atoms with Gasteiger partial charge in [-0.1, -0.05) is 18.2 Å². The predicted molar refractivity (Wildman–Crippen MR) is 126 cm³/mol. The second-order valence-electron chi connectivity index (χ2n) is 7.36. The number of aliphatic imine (C=N–C) groups is 1. The number of hydrogen-bond acceptors (Lipinski definition) is 5. The van der Waals surface area contributed by atoms with Crippen molar-refractivity contribution in [1.82, 2.24) is 10.6 Å². The smallest absolute Gasteiger partial charge is 0.246 e. The fourth-order valence-electron chi connectivity index (χ4n) is 3.79. The Hall–Kier alpha value is -3.42. The molecule has 0 saturated heterocycles. The molecule has 1 aliphatic rings. The number of fused-ring (bicyclic) bond motifs is 1. The van der Waals surface area contributed by atoms with Crippen molar-refractivity contribution in [2.45, 2.75) is 26.3 Å². The molecular weight excluding hydrogens is 408 g/mol. The number of hydrogen-bond donors (Lipinski definition) is 2. The number of nitrogens with one attached hydrogen (secondary N) is 2. The topological polar surface area (TPSA) is 84.4 Å². The molecule has 0 fully saturated rings. The first-order valence-electron chi connectivity index (χ1n) is 10.8. The summed E-state index contributed by atoms with van der Waals surface area (Å²) in [5, 5.41) is 6.35. The van der Waals surface area contributed by atoms with Crippen LogP contribution in [-0.4, -0.2) is 52.8 Å². The van der Waals surface area contributed by atoms with Crippen LogP contribution in [0.1, 0.15) is 24.5 Å². The lowest BCUT2D eigenvalue weighted by atomic mass is 10.0. The quantitative estimate of drug-likeness (QED) is 0.485. The zero-order valence-corrected chi connectivity index (χ0v) is 19.2. The van der Waals surface area contributed by atoms with E-state index in [1.54, 1.807) is 21.3 Å². The van der Waals surface area contributed by atoms with Crippen LogP contribution >= 0.6 is 0 Å². The molecule has 0 unspecified atom stereocenters. The van der Waals surface area contributed by atoms with E-state index in [-0.39, 0.29) is 12.5 Å².